The van der Waals surface area contributed by atoms with E-state index in [1.54, 1.807) is 6.20 Å². The van der Waals surface area contributed by atoms with Crippen LogP contribution in [0, 0.1) is 5.82 Å². The second-order valence-corrected chi connectivity index (χ2v) is 5.52. The van der Waals surface area contributed by atoms with E-state index < -0.39 is 0 Å². The van der Waals surface area contributed by atoms with Crippen LogP contribution in [0.4, 0.5) is 10.2 Å². The minimum atomic E-state index is -0.329. The van der Waals surface area contributed by atoms with Gasteiger partial charge in [0.15, 0.2) is 17.6 Å². The van der Waals surface area contributed by atoms with Crippen LogP contribution in [0.15, 0.2) is 17.3 Å². The number of ether oxygens (including phenoxy) is 2. The number of hydrogen-bond acceptors (Lipinski definition) is 5. The van der Waals surface area contributed by atoms with Gasteiger partial charge in [-0.3, -0.25) is 0 Å². The summed E-state index contributed by atoms with van der Waals surface area (Å²) < 4.78 is 24.8. The summed E-state index contributed by atoms with van der Waals surface area (Å²) in [5, 5.41) is 0. The van der Waals surface area contributed by atoms with Crippen LogP contribution in [0.2, 0.25) is 0 Å². The van der Waals surface area contributed by atoms with Crippen molar-refractivity contribution in [3.05, 3.63) is 23.6 Å². The molecular formula is C15H23FIN5O2. The number of guanidine groups is 1. The summed E-state index contributed by atoms with van der Waals surface area (Å²) in [4.78, 5) is 12.4. The zero-order valence-electron chi connectivity index (χ0n) is 13.5. The smallest absolute Gasteiger partial charge is 0.191 e. The zero-order chi connectivity index (χ0) is 16.1. The summed E-state index contributed by atoms with van der Waals surface area (Å²) in [7, 11) is 0. The summed E-state index contributed by atoms with van der Waals surface area (Å²) in [5.74, 6) is 0.512. The minimum absolute atomic E-state index is 0. The summed E-state index contributed by atoms with van der Waals surface area (Å²) in [5.41, 5.74) is 6.67. The Hall–Kier alpha value is -1.20. The number of aromatic nitrogens is 1. The predicted molar refractivity (Wildman–Crippen MR) is 100 cm³/mol. The second kappa shape index (κ2) is 9.33. The molecule has 2 saturated heterocycles. The first-order valence-electron chi connectivity index (χ1n) is 7.84. The SMILES string of the molecule is I.NC(=NCc1cnc(N2CCOCC2)c(F)c1)N1CCOCC1. The van der Waals surface area contributed by atoms with Crippen LogP contribution in [0.3, 0.4) is 0 Å². The van der Waals surface area contributed by atoms with E-state index in [-0.39, 0.29) is 29.8 Å². The van der Waals surface area contributed by atoms with Crippen molar-refractivity contribution in [2.45, 2.75) is 6.54 Å². The Labute approximate surface area is 158 Å². The third-order valence-electron chi connectivity index (χ3n) is 3.95. The van der Waals surface area contributed by atoms with E-state index in [0.717, 1.165) is 13.1 Å². The third-order valence-corrected chi connectivity index (χ3v) is 3.95. The van der Waals surface area contributed by atoms with Gasteiger partial charge in [-0.15, -0.1) is 24.0 Å². The van der Waals surface area contributed by atoms with E-state index in [1.807, 2.05) is 9.80 Å². The monoisotopic (exact) mass is 451 g/mol. The lowest BCUT2D eigenvalue weighted by molar-refractivity contribution is 0.0674. The summed E-state index contributed by atoms with van der Waals surface area (Å²) in [6.45, 7) is 5.61. The first kappa shape index (κ1) is 19.1. The number of nitrogens with zero attached hydrogens (tertiary/aromatic N) is 4. The number of aliphatic imine (C=N–C) groups is 1. The van der Waals surface area contributed by atoms with Gasteiger partial charge in [0.1, 0.15) is 0 Å². The van der Waals surface area contributed by atoms with E-state index in [9.17, 15) is 4.39 Å². The fourth-order valence-electron chi connectivity index (χ4n) is 2.63. The molecule has 2 aliphatic heterocycles. The molecule has 0 spiro atoms. The first-order chi connectivity index (χ1) is 11.2. The molecule has 1 aromatic rings. The molecule has 0 radical (unpaired) electrons. The van der Waals surface area contributed by atoms with E-state index in [4.69, 9.17) is 15.2 Å². The number of rotatable bonds is 3. The number of hydrogen-bond donors (Lipinski definition) is 1. The van der Waals surface area contributed by atoms with E-state index >= 15 is 0 Å². The Morgan fingerprint density at radius 2 is 1.79 bits per heavy atom. The van der Waals surface area contributed by atoms with Gasteiger partial charge in [-0.2, -0.15) is 0 Å². The van der Waals surface area contributed by atoms with E-state index in [1.165, 1.54) is 6.07 Å². The molecule has 0 unspecified atom stereocenters. The Morgan fingerprint density at radius 3 is 2.42 bits per heavy atom. The fraction of sp³-hybridized carbons (Fsp3) is 0.600. The maximum Gasteiger partial charge on any atom is 0.191 e. The second-order valence-electron chi connectivity index (χ2n) is 5.52. The van der Waals surface area contributed by atoms with Gasteiger partial charge in [-0.1, -0.05) is 0 Å². The van der Waals surface area contributed by atoms with Crippen LogP contribution in [0.1, 0.15) is 5.56 Å². The average Bonchev–Trinajstić information content (AvgIpc) is 2.61. The van der Waals surface area contributed by atoms with Gasteiger partial charge in [0.25, 0.3) is 0 Å². The number of pyridine rings is 1. The van der Waals surface area contributed by atoms with Crippen molar-refractivity contribution >= 4 is 35.8 Å². The summed E-state index contributed by atoms with van der Waals surface area (Å²) in [6.07, 6.45) is 1.66. The Morgan fingerprint density at radius 1 is 1.17 bits per heavy atom. The van der Waals surface area contributed by atoms with Crippen LogP contribution in [0.5, 0.6) is 0 Å². The van der Waals surface area contributed by atoms with Crippen molar-refractivity contribution in [2.75, 3.05) is 57.5 Å². The predicted octanol–water partition coefficient (Wildman–Crippen LogP) is 0.822. The van der Waals surface area contributed by atoms with Crippen molar-refractivity contribution in [3.63, 3.8) is 0 Å². The van der Waals surface area contributed by atoms with Crippen LogP contribution in [-0.2, 0) is 16.0 Å². The number of halogens is 2. The lowest BCUT2D eigenvalue weighted by Crippen LogP contribution is -2.44. The minimum Gasteiger partial charge on any atom is -0.378 e. The topological polar surface area (TPSA) is 76.2 Å². The number of anilines is 1. The van der Waals surface area contributed by atoms with Gasteiger partial charge in [0.2, 0.25) is 0 Å². The van der Waals surface area contributed by atoms with Crippen molar-refractivity contribution in [2.24, 2.45) is 10.7 Å². The molecule has 0 aromatic carbocycles. The highest BCUT2D eigenvalue weighted by atomic mass is 127. The molecule has 0 saturated carbocycles. The summed E-state index contributed by atoms with van der Waals surface area (Å²) >= 11 is 0. The highest BCUT2D eigenvalue weighted by molar-refractivity contribution is 14.0. The molecule has 2 aliphatic rings. The molecular weight excluding hydrogens is 428 g/mol. The lowest BCUT2D eigenvalue weighted by Gasteiger charge is -2.28. The Bertz CT molecular complexity index is 563. The van der Waals surface area contributed by atoms with Crippen LogP contribution >= 0.6 is 24.0 Å². The van der Waals surface area contributed by atoms with Gasteiger partial charge in [0.05, 0.1) is 33.0 Å². The van der Waals surface area contributed by atoms with Gasteiger partial charge >= 0.3 is 0 Å². The molecule has 9 heteroatoms. The number of nitrogens with two attached hydrogens (primary N) is 1. The van der Waals surface area contributed by atoms with E-state index in [2.05, 4.69) is 9.98 Å². The quantitative estimate of drug-likeness (QED) is 0.417. The number of morpholine rings is 2. The van der Waals surface area contributed by atoms with Gasteiger partial charge in [-0.25, -0.2) is 14.4 Å². The van der Waals surface area contributed by atoms with Crippen molar-refractivity contribution in [3.8, 4) is 0 Å². The first-order valence-corrected chi connectivity index (χ1v) is 7.84. The molecule has 0 aliphatic carbocycles. The molecule has 7 nitrogen and oxygen atoms in total. The standard InChI is InChI=1S/C15H22FN5O2.HI/c16-13-9-12(10-18-14(13)20-1-5-22-6-2-20)11-19-15(17)21-3-7-23-8-4-21;/h9-10H,1-8,11H2,(H2,17,19);1H. The molecule has 3 rings (SSSR count). The molecule has 2 N–H and O–H groups in total. The highest BCUT2D eigenvalue weighted by Crippen LogP contribution is 2.18. The molecule has 0 bridgehead atoms. The molecule has 134 valence electrons. The molecule has 2 fully saturated rings. The third kappa shape index (κ3) is 4.90. The average molecular weight is 451 g/mol. The molecule has 0 atom stereocenters. The largest absolute Gasteiger partial charge is 0.378 e. The normalized spacial score (nSPS) is 19.1. The van der Waals surface area contributed by atoms with Gasteiger partial charge in [-0.05, 0) is 11.6 Å². The van der Waals surface area contributed by atoms with Crippen LogP contribution in [0.25, 0.3) is 0 Å². The van der Waals surface area contributed by atoms with E-state index in [0.29, 0.717) is 63.4 Å². The van der Waals surface area contributed by atoms with Crippen molar-refractivity contribution in [1.29, 1.82) is 0 Å². The zero-order valence-corrected chi connectivity index (χ0v) is 15.8. The maximum absolute atomic E-state index is 14.3. The Balaban J connectivity index is 0.00000208. The molecule has 24 heavy (non-hydrogen) atoms. The fourth-order valence-corrected chi connectivity index (χ4v) is 2.63. The van der Waals surface area contributed by atoms with Crippen molar-refractivity contribution in [1.82, 2.24) is 9.88 Å². The van der Waals surface area contributed by atoms with Gasteiger partial charge < -0.3 is 25.0 Å². The van der Waals surface area contributed by atoms with Crippen LogP contribution < -0.4 is 10.6 Å². The van der Waals surface area contributed by atoms with Crippen molar-refractivity contribution < 1.29 is 13.9 Å². The Kier molecular flexibility index (Phi) is 7.43. The van der Waals surface area contributed by atoms with Crippen LogP contribution in [-0.4, -0.2) is 68.4 Å². The highest BCUT2D eigenvalue weighted by Gasteiger charge is 2.17. The summed E-state index contributed by atoms with van der Waals surface area (Å²) in [6, 6.07) is 1.48. The lowest BCUT2D eigenvalue weighted by atomic mass is 10.2. The van der Waals surface area contributed by atoms with Gasteiger partial charge in [0, 0.05) is 32.4 Å². The maximum atomic E-state index is 14.3. The molecule has 3 heterocycles. The molecule has 0 amide bonds. The molecule has 1 aromatic heterocycles.